The molecule has 0 bridgehead atoms. The Labute approximate surface area is 188 Å². The minimum atomic E-state index is -3.72. The molecule has 2 aromatic carbocycles. The zero-order valence-corrected chi connectivity index (χ0v) is 19.2. The molecule has 4 rings (SSSR count). The van der Waals surface area contributed by atoms with E-state index in [0.717, 1.165) is 11.1 Å². The Balaban J connectivity index is 1.45. The second-order valence-corrected chi connectivity index (χ2v) is 9.99. The Morgan fingerprint density at radius 1 is 1.12 bits per heavy atom. The van der Waals surface area contributed by atoms with Crippen molar-refractivity contribution in [2.75, 3.05) is 13.1 Å². The molecule has 0 spiro atoms. The third-order valence-corrected chi connectivity index (χ3v) is 7.45. The first kappa shape index (κ1) is 22.2. The van der Waals surface area contributed by atoms with Gasteiger partial charge in [-0.25, -0.2) is 0 Å². The summed E-state index contributed by atoms with van der Waals surface area (Å²) >= 11 is 0. The fourth-order valence-corrected chi connectivity index (χ4v) is 5.36. The maximum atomic E-state index is 12.8. The van der Waals surface area contributed by atoms with Crippen molar-refractivity contribution in [2.45, 2.75) is 44.6 Å². The van der Waals surface area contributed by atoms with Gasteiger partial charge in [0.25, 0.3) is 10.0 Å². The van der Waals surface area contributed by atoms with E-state index in [4.69, 9.17) is 4.74 Å². The molecule has 0 radical (unpaired) electrons. The van der Waals surface area contributed by atoms with Crippen molar-refractivity contribution >= 4 is 27.6 Å². The van der Waals surface area contributed by atoms with E-state index < -0.39 is 28.0 Å². The highest BCUT2D eigenvalue weighted by atomic mass is 32.2. The topological polar surface area (TPSA) is 93.1 Å². The van der Waals surface area contributed by atoms with E-state index in [-0.39, 0.29) is 10.7 Å². The standard InChI is InChI=1S/C24H26N2O5S/c1-15-10-11-18(13-16(15)2)22(27)17(3)31-24(28)19-7-6-12-26(14-19)23-20-8-4-5-9-21(20)32(29,30)25-23/h4-5,8-11,13,17,19H,6-7,12,14H2,1-3H3/t17-,19+/m1/s1. The van der Waals surface area contributed by atoms with Crippen LogP contribution in [0.1, 0.15) is 46.8 Å². The Morgan fingerprint density at radius 3 is 2.62 bits per heavy atom. The summed E-state index contributed by atoms with van der Waals surface area (Å²) in [5, 5.41) is 0. The van der Waals surface area contributed by atoms with Crippen molar-refractivity contribution in [3.8, 4) is 0 Å². The third-order valence-electron chi connectivity index (χ3n) is 6.12. The molecule has 8 heteroatoms. The van der Waals surface area contributed by atoms with E-state index in [1.165, 1.54) is 6.07 Å². The highest BCUT2D eigenvalue weighted by Crippen LogP contribution is 2.30. The molecule has 7 nitrogen and oxygen atoms in total. The number of hydrogen-bond donors (Lipinski definition) is 0. The zero-order chi connectivity index (χ0) is 23.0. The Hall–Kier alpha value is -3.00. The second-order valence-electron chi connectivity index (χ2n) is 8.41. The van der Waals surface area contributed by atoms with E-state index in [9.17, 15) is 18.0 Å². The smallest absolute Gasteiger partial charge is 0.311 e. The average molecular weight is 455 g/mol. The molecule has 0 unspecified atom stereocenters. The number of benzene rings is 2. The van der Waals surface area contributed by atoms with E-state index in [1.54, 1.807) is 37.3 Å². The molecule has 0 N–H and O–H groups in total. The van der Waals surface area contributed by atoms with Crippen LogP contribution in [-0.4, -0.2) is 50.1 Å². The lowest BCUT2D eigenvalue weighted by Gasteiger charge is -2.33. The van der Waals surface area contributed by atoms with Gasteiger partial charge in [0.2, 0.25) is 5.78 Å². The summed E-state index contributed by atoms with van der Waals surface area (Å²) in [7, 11) is -3.72. The van der Waals surface area contributed by atoms with E-state index in [1.807, 2.05) is 24.8 Å². The van der Waals surface area contributed by atoms with Crippen LogP contribution in [-0.2, 0) is 19.6 Å². The van der Waals surface area contributed by atoms with Crippen molar-refractivity contribution in [1.82, 2.24) is 4.90 Å². The molecule has 1 saturated heterocycles. The summed E-state index contributed by atoms with van der Waals surface area (Å²) in [6.07, 6.45) is 0.409. The number of Topliss-reactive ketones (excluding diaryl/α,β-unsaturated/α-hetero) is 1. The van der Waals surface area contributed by atoms with Crippen LogP contribution in [0.25, 0.3) is 0 Å². The van der Waals surface area contributed by atoms with Crippen LogP contribution in [0.3, 0.4) is 0 Å². The number of carbonyl (C=O) groups excluding carboxylic acids is 2. The number of hydrogen-bond acceptors (Lipinski definition) is 6. The average Bonchev–Trinajstić information content (AvgIpc) is 3.06. The number of ether oxygens (including phenoxy) is 1. The molecule has 0 aromatic heterocycles. The van der Waals surface area contributed by atoms with Gasteiger partial charge in [0.1, 0.15) is 4.90 Å². The Kier molecular flexibility index (Phi) is 5.90. The van der Waals surface area contributed by atoms with Gasteiger partial charge >= 0.3 is 5.97 Å². The number of rotatable bonds is 4. The number of esters is 1. The lowest BCUT2D eigenvalue weighted by Crippen LogP contribution is -2.43. The van der Waals surface area contributed by atoms with Gasteiger partial charge in [-0.05, 0) is 62.9 Å². The van der Waals surface area contributed by atoms with Gasteiger partial charge in [-0.3, -0.25) is 9.59 Å². The van der Waals surface area contributed by atoms with Gasteiger partial charge in [0.15, 0.2) is 11.9 Å². The number of carbonyl (C=O) groups is 2. The molecule has 0 aliphatic carbocycles. The van der Waals surface area contributed by atoms with Crippen molar-refractivity contribution in [3.63, 3.8) is 0 Å². The highest BCUT2D eigenvalue weighted by Gasteiger charge is 2.36. The first-order chi connectivity index (χ1) is 15.2. The molecule has 2 atom stereocenters. The number of amidine groups is 1. The van der Waals surface area contributed by atoms with Crippen LogP contribution < -0.4 is 0 Å². The number of likely N-dealkylation sites (tertiary alicyclic amines) is 1. The number of nitrogens with zero attached hydrogens (tertiary/aromatic N) is 2. The van der Waals surface area contributed by atoms with E-state index in [0.29, 0.717) is 42.9 Å². The minimum absolute atomic E-state index is 0.187. The number of aryl methyl sites for hydroxylation is 2. The van der Waals surface area contributed by atoms with Gasteiger partial charge in [0.05, 0.1) is 5.92 Å². The number of sulfonamides is 1. The number of piperidine rings is 1. The SMILES string of the molecule is Cc1ccc(C(=O)[C@@H](C)OC(=O)[C@H]2CCCN(C3=NS(=O)(=O)c4ccccc43)C2)cc1C. The Morgan fingerprint density at radius 2 is 1.88 bits per heavy atom. The van der Waals surface area contributed by atoms with Crippen LogP contribution in [0.2, 0.25) is 0 Å². The fourth-order valence-electron chi connectivity index (χ4n) is 4.13. The van der Waals surface area contributed by atoms with Crippen LogP contribution in [0.15, 0.2) is 51.8 Å². The minimum Gasteiger partial charge on any atom is -0.454 e. The van der Waals surface area contributed by atoms with Gasteiger partial charge in [0, 0.05) is 24.2 Å². The van der Waals surface area contributed by atoms with Crippen molar-refractivity contribution in [1.29, 1.82) is 0 Å². The molecule has 0 saturated carbocycles. The number of ketones is 1. The summed E-state index contributed by atoms with van der Waals surface area (Å²) in [5.41, 5.74) is 3.16. The first-order valence-electron chi connectivity index (χ1n) is 10.7. The van der Waals surface area contributed by atoms with Gasteiger partial charge in [-0.15, -0.1) is 4.40 Å². The molecule has 2 aliphatic rings. The van der Waals surface area contributed by atoms with Gasteiger partial charge < -0.3 is 9.64 Å². The predicted molar refractivity (Wildman–Crippen MR) is 120 cm³/mol. The van der Waals surface area contributed by atoms with Crippen molar-refractivity contribution < 1.29 is 22.7 Å². The predicted octanol–water partition coefficient (Wildman–Crippen LogP) is 3.28. The molecule has 32 heavy (non-hydrogen) atoms. The molecule has 0 amide bonds. The van der Waals surface area contributed by atoms with Gasteiger partial charge in [-0.2, -0.15) is 8.42 Å². The van der Waals surface area contributed by atoms with E-state index in [2.05, 4.69) is 4.40 Å². The third kappa shape index (κ3) is 4.19. The van der Waals surface area contributed by atoms with Crippen molar-refractivity contribution in [3.05, 3.63) is 64.7 Å². The zero-order valence-electron chi connectivity index (χ0n) is 18.4. The van der Waals surface area contributed by atoms with E-state index >= 15 is 0 Å². The lowest BCUT2D eigenvalue weighted by molar-refractivity contribution is -0.152. The maximum absolute atomic E-state index is 12.8. The highest BCUT2D eigenvalue weighted by molar-refractivity contribution is 7.90. The summed E-state index contributed by atoms with van der Waals surface area (Å²) in [4.78, 5) is 27.6. The Bertz CT molecular complexity index is 1220. The molecule has 2 aromatic rings. The van der Waals surface area contributed by atoms with Crippen LogP contribution in [0, 0.1) is 19.8 Å². The van der Waals surface area contributed by atoms with Crippen LogP contribution in [0.4, 0.5) is 0 Å². The monoisotopic (exact) mass is 454 g/mol. The largest absolute Gasteiger partial charge is 0.454 e. The van der Waals surface area contributed by atoms with Crippen molar-refractivity contribution in [2.24, 2.45) is 10.3 Å². The number of fused-ring (bicyclic) bond motifs is 1. The molecule has 2 heterocycles. The normalized spacial score (nSPS) is 20.3. The fraction of sp³-hybridized carbons (Fsp3) is 0.375. The first-order valence-corrected chi connectivity index (χ1v) is 12.1. The maximum Gasteiger partial charge on any atom is 0.311 e. The van der Waals surface area contributed by atoms with Gasteiger partial charge in [-0.1, -0.05) is 24.3 Å². The molecule has 1 fully saturated rings. The lowest BCUT2D eigenvalue weighted by atomic mass is 9.97. The molecular formula is C24H26N2O5S. The summed E-state index contributed by atoms with van der Waals surface area (Å²) < 4.78 is 34.2. The summed E-state index contributed by atoms with van der Waals surface area (Å²) in [5.74, 6) is -0.780. The molecule has 168 valence electrons. The quantitative estimate of drug-likeness (QED) is 0.520. The molecule has 2 aliphatic heterocycles. The molecular weight excluding hydrogens is 428 g/mol. The summed E-state index contributed by atoms with van der Waals surface area (Å²) in [6.45, 7) is 6.39. The second kappa shape index (κ2) is 8.50. The summed E-state index contributed by atoms with van der Waals surface area (Å²) in [6, 6.07) is 12.1. The van der Waals surface area contributed by atoms with Crippen LogP contribution >= 0.6 is 0 Å². The van der Waals surface area contributed by atoms with Crippen LogP contribution in [0.5, 0.6) is 0 Å².